The van der Waals surface area contributed by atoms with Crippen molar-refractivity contribution < 1.29 is 0 Å². The van der Waals surface area contributed by atoms with E-state index in [9.17, 15) is 0 Å². The van der Waals surface area contributed by atoms with Gasteiger partial charge in [-0.05, 0) is 37.5 Å². The van der Waals surface area contributed by atoms with Gasteiger partial charge in [-0.2, -0.15) is 0 Å². The molecule has 2 rings (SSSR count). The summed E-state index contributed by atoms with van der Waals surface area (Å²) in [7, 11) is 0. The van der Waals surface area contributed by atoms with Gasteiger partial charge in [0.05, 0.1) is 5.84 Å². The van der Waals surface area contributed by atoms with Gasteiger partial charge in [-0.15, -0.1) is 0 Å². The minimum Gasteiger partial charge on any atom is -0.387 e. The van der Waals surface area contributed by atoms with Gasteiger partial charge in [-0.3, -0.25) is 4.99 Å². The molecule has 74 valence electrons. The number of nitrogens with zero attached hydrogens (tertiary/aromatic N) is 1. The van der Waals surface area contributed by atoms with Crippen LogP contribution in [0.3, 0.4) is 0 Å². The molecule has 13 heavy (non-hydrogen) atoms. The van der Waals surface area contributed by atoms with E-state index in [1.807, 2.05) is 0 Å². The van der Waals surface area contributed by atoms with Crippen LogP contribution in [0.25, 0.3) is 0 Å². The standard InChI is InChI=1S/C11H20N2/c1-8-2-3-9(6-8)7-13-11(12)10-4-5-10/h8-10H,2-7H2,1H3,(H2,12,13). The Labute approximate surface area is 80.6 Å². The second kappa shape index (κ2) is 3.69. The molecule has 0 aromatic heterocycles. The Balaban J connectivity index is 1.75. The minimum absolute atomic E-state index is 0.652. The Morgan fingerprint density at radius 3 is 2.62 bits per heavy atom. The van der Waals surface area contributed by atoms with Gasteiger partial charge in [0.2, 0.25) is 0 Å². The molecule has 2 N–H and O–H groups in total. The molecular weight excluding hydrogens is 160 g/mol. The van der Waals surface area contributed by atoms with Crippen LogP contribution < -0.4 is 5.73 Å². The average Bonchev–Trinajstić information content (AvgIpc) is 2.87. The quantitative estimate of drug-likeness (QED) is 0.524. The summed E-state index contributed by atoms with van der Waals surface area (Å²) < 4.78 is 0. The van der Waals surface area contributed by atoms with Crippen LogP contribution in [0.15, 0.2) is 4.99 Å². The first-order valence-electron chi connectivity index (χ1n) is 5.55. The van der Waals surface area contributed by atoms with E-state index in [4.69, 9.17) is 5.73 Å². The van der Waals surface area contributed by atoms with Crippen molar-refractivity contribution in [1.29, 1.82) is 0 Å². The Bertz CT molecular complexity index is 206. The van der Waals surface area contributed by atoms with Gasteiger partial charge in [0.15, 0.2) is 0 Å². The largest absolute Gasteiger partial charge is 0.387 e. The second-order valence-electron chi connectivity index (χ2n) is 4.82. The third kappa shape index (κ3) is 2.45. The zero-order valence-corrected chi connectivity index (χ0v) is 8.50. The fourth-order valence-corrected chi connectivity index (χ4v) is 2.23. The Hall–Kier alpha value is -0.530. The topological polar surface area (TPSA) is 38.4 Å². The number of hydrogen-bond donors (Lipinski definition) is 1. The van der Waals surface area contributed by atoms with Crippen LogP contribution in [0.4, 0.5) is 0 Å². The van der Waals surface area contributed by atoms with Crippen molar-refractivity contribution in [2.75, 3.05) is 6.54 Å². The zero-order chi connectivity index (χ0) is 9.26. The highest BCUT2D eigenvalue weighted by Crippen LogP contribution is 2.32. The maximum atomic E-state index is 5.84. The van der Waals surface area contributed by atoms with E-state index >= 15 is 0 Å². The van der Waals surface area contributed by atoms with E-state index in [0.717, 1.165) is 24.2 Å². The first-order chi connectivity index (χ1) is 6.25. The Morgan fingerprint density at radius 2 is 2.08 bits per heavy atom. The van der Waals surface area contributed by atoms with Gasteiger partial charge in [0.25, 0.3) is 0 Å². The highest BCUT2D eigenvalue weighted by molar-refractivity contribution is 5.84. The SMILES string of the molecule is CC1CCC(CN=C(N)C2CC2)C1. The molecule has 2 atom stereocenters. The molecule has 0 amide bonds. The maximum Gasteiger partial charge on any atom is 0.0968 e. The molecule has 0 saturated heterocycles. The van der Waals surface area contributed by atoms with E-state index in [1.165, 1.54) is 32.1 Å². The molecule has 2 unspecified atom stereocenters. The average molecular weight is 180 g/mol. The summed E-state index contributed by atoms with van der Waals surface area (Å²) in [4.78, 5) is 4.50. The number of hydrogen-bond acceptors (Lipinski definition) is 1. The first-order valence-corrected chi connectivity index (χ1v) is 5.55. The third-order valence-electron chi connectivity index (χ3n) is 3.33. The number of nitrogens with two attached hydrogens (primary N) is 1. The number of amidine groups is 1. The smallest absolute Gasteiger partial charge is 0.0968 e. The molecule has 2 heteroatoms. The monoisotopic (exact) mass is 180 g/mol. The Kier molecular flexibility index (Phi) is 2.56. The van der Waals surface area contributed by atoms with Gasteiger partial charge in [0.1, 0.15) is 0 Å². The second-order valence-corrected chi connectivity index (χ2v) is 4.82. The van der Waals surface area contributed by atoms with Crippen LogP contribution in [0.1, 0.15) is 39.0 Å². The van der Waals surface area contributed by atoms with Crippen LogP contribution in [0.2, 0.25) is 0 Å². The predicted octanol–water partition coefficient (Wildman–Crippen LogP) is 2.19. The van der Waals surface area contributed by atoms with Crippen molar-refractivity contribution in [2.45, 2.75) is 39.0 Å². The molecule has 0 aromatic rings. The van der Waals surface area contributed by atoms with Crippen molar-refractivity contribution in [3.05, 3.63) is 0 Å². The van der Waals surface area contributed by atoms with Gasteiger partial charge in [-0.25, -0.2) is 0 Å². The number of aliphatic imine (C=N–C) groups is 1. The van der Waals surface area contributed by atoms with Crippen molar-refractivity contribution in [2.24, 2.45) is 28.5 Å². The van der Waals surface area contributed by atoms with E-state index < -0.39 is 0 Å². The van der Waals surface area contributed by atoms with Crippen molar-refractivity contribution in [3.63, 3.8) is 0 Å². The summed E-state index contributed by atoms with van der Waals surface area (Å²) in [5.41, 5.74) is 5.84. The maximum absolute atomic E-state index is 5.84. The van der Waals surface area contributed by atoms with Crippen molar-refractivity contribution in [1.82, 2.24) is 0 Å². The molecular formula is C11H20N2. The van der Waals surface area contributed by atoms with Gasteiger partial charge in [0, 0.05) is 12.5 Å². The first kappa shape index (κ1) is 9.04. The Morgan fingerprint density at radius 1 is 1.31 bits per heavy atom. The molecule has 0 aliphatic heterocycles. The molecule has 2 fully saturated rings. The normalized spacial score (nSPS) is 35.3. The molecule has 2 nitrogen and oxygen atoms in total. The highest BCUT2D eigenvalue weighted by atomic mass is 14.9. The van der Waals surface area contributed by atoms with E-state index in [0.29, 0.717) is 5.92 Å². The number of rotatable bonds is 3. The van der Waals surface area contributed by atoms with Crippen LogP contribution in [-0.2, 0) is 0 Å². The van der Waals surface area contributed by atoms with Gasteiger partial charge in [-0.1, -0.05) is 13.3 Å². The summed E-state index contributed by atoms with van der Waals surface area (Å²) in [6.45, 7) is 3.33. The van der Waals surface area contributed by atoms with Crippen LogP contribution in [-0.4, -0.2) is 12.4 Å². The molecule has 2 saturated carbocycles. The van der Waals surface area contributed by atoms with Crippen molar-refractivity contribution in [3.8, 4) is 0 Å². The van der Waals surface area contributed by atoms with Crippen LogP contribution in [0, 0.1) is 17.8 Å². The van der Waals surface area contributed by atoms with E-state index in [-0.39, 0.29) is 0 Å². The summed E-state index contributed by atoms with van der Waals surface area (Å²) >= 11 is 0. The molecule has 0 heterocycles. The lowest BCUT2D eigenvalue weighted by Crippen LogP contribution is -2.16. The summed E-state index contributed by atoms with van der Waals surface area (Å²) in [6.07, 6.45) is 6.67. The van der Waals surface area contributed by atoms with Crippen LogP contribution >= 0.6 is 0 Å². The lowest BCUT2D eigenvalue weighted by atomic mass is 10.1. The van der Waals surface area contributed by atoms with E-state index in [1.54, 1.807) is 0 Å². The van der Waals surface area contributed by atoms with Gasteiger partial charge >= 0.3 is 0 Å². The zero-order valence-electron chi connectivity index (χ0n) is 8.50. The summed E-state index contributed by atoms with van der Waals surface area (Å²) in [6, 6.07) is 0. The van der Waals surface area contributed by atoms with Crippen molar-refractivity contribution >= 4 is 5.84 Å². The molecule has 0 radical (unpaired) electrons. The van der Waals surface area contributed by atoms with Crippen LogP contribution in [0.5, 0.6) is 0 Å². The molecule has 2 aliphatic carbocycles. The molecule has 0 aromatic carbocycles. The third-order valence-corrected chi connectivity index (χ3v) is 3.33. The lowest BCUT2D eigenvalue weighted by Gasteiger charge is -2.05. The molecule has 0 spiro atoms. The lowest BCUT2D eigenvalue weighted by molar-refractivity contribution is 0.525. The molecule has 2 aliphatic rings. The molecule has 0 bridgehead atoms. The fraction of sp³-hybridized carbons (Fsp3) is 0.909. The summed E-state index contributed by atoms with van der Waals surface area (Å²) in [5.74, 6) is 3.33. The van der Waals surface area contributed by atoms with E-state index in [2.05, 4.69) is 11.9 Å². The predicted molar refractivity (Wildman–Crippen MR) is 55.7 cm³/mol. The highest BCUT2D eigenvalue weighted by Gasteiger charge is 2.26. The van der Waals surface area contributed by atoms with Gasteiger partial charge < -0.3 is 5.73 Å². The fourth-order valence-electron chi connectivity index (χ4n) is 2.23. The minimum atomic E-state index is 0.652. The summed E-state index contributed by atoms with van der Waals surface area (Å²) in [5, 5.41) is 0.